The second-order valence-corrected chi connectivity index (χ2v) is 11.6. The van der Waals surface area contributed by atoms with Crippen LogP contribution in [0.15, 0.2) is 84.9 Å². The predicted octanol–water partition coefficient (Wildman–Crippen LogP) is 2.87. The molecule has 3 aromatic rings. The molecule has 0 spiro atoms. The van der Waals surface area contributed by atoms with E-state index < -0.39 is 24.0 Å². The summed E-state index contributed by atoms with van der Waals surface area (Å²) in [4.78, 5) is 65.8. The van der Waals surface area contributed by atoms with Gasteiger partial charge in [0.2, 0.25) is 23.6 Å². The fourth-order valence-corrected chi connectivity index (χ4v) is 6.38. The van der Waals surface area contributed by atoms with Crippen molar-refractivity contribution in [2.75, 3.05) is 6.54 Å². The quantitative estimate of drug-likeness (QED) is 0.220. The third kappa shape index (κ3) is 7.22. The van der Waals surface area contributed by atoms with Crippen LogP contribution in [0.4, 0.5) is 0 Å². The maximum absolute atomic E-state index is 13.8. The number of hydrogen-bond acceptors (Lipinski definition) is 5. The highest BCUT2D eigenvalue weighted by Crippen LogP contribution is 2.28. The van der Waals surface area contributed by atoms with Crippen molar-refractivity contribution in [1.82, 2.24) is 20.9 Å². The van der Waals surface area contributed by atoms with Gasteiger partial charge in [0.05, 0.1) is 12.5 Å². The van der Waals surface area contributed by atoms with Gasteiger partial charge in [0.25, 0.3) is 0 Å². The first-order chi connectivity index (χ1) is 21.3. The summed E-state index contributed by atoms with van der Waals surface area (Å²) >= 11 is 0. The number of allylic oxidation sites excluding steroid dienone is 1. The Morgan fingerprint density at radius 3 is 2.52 bits per heavy atom. The van der Waals surface area contributed by atoms with Gasteiger partial charge in [-0.3, -0.25) is 24.0 Å². The summed E-state index contributed by atoms with van der Waals surface area (Å²) in [7, 11) is 0. The van der Waals surface area contributed by atoms with Gasteiger partial charge < -0.3 is 20.9 Å². The predicted molar refractivity (Wildman–Crippen MR) is 167 cm³/mol. The van der Waals surface area contributed by atoms with Gasteiger partial charge in [0.1, 0.15) is 18.4 Å². The topological polar surface area (TPSA) is 125 Å². The first kappa shape index (κ1) is 30.7. The fraction of sp³-hybridized carbons (Fsp3) is 0.343. The summed E-state index contributed by atoms with van der Waals surface area (Å²) in [6.07, 6.45) is 5.46. The van der Waals surface area contributed by atoms with Crippen LogP contribution >= 0.6 is 0 Å². The second-order valence-electron chi connectivity index (χ2n) is 11.6. The third-order valence-corrected chi connectivity index (χ3v) is 8.54. The third-order valence-electron chi connectivity index (χ3n) is 8.54. The fourth-order valence-electron chi connectivity index (χ4n) is 6.38. The molecule has 9 nitrogen and oxygen atoms in total. The molecule has 0 bridgehead atoms. The molecule has 5 rings (SSSR count). The molecule has 228 valence electrons. The van der Waals surface area contributed by atoms with Crippen LogP contribution in [0.1, 0.15) is 37.3 Å². The van der Waals surface area contributed by atoms with Gasteiger partial charge in [-0.2, -0.15) is 0 Å². The van der Waals surface area contributed by atoms with E-state index in [-0.39, 0.29) is 42.5 Å². The van der Waals surface area contributed by atoms with Gasteiger partial charge in [-0.15, -0.1) is 0 Å². The number of aldehydes is 1. The lowest BCUT2D eigenvalue weighted by Gasteiger charge is -2.31. The van der Waals surface area contributed by atoms with E-state index in [4.69, 9.17) is 0 Å². The van der Waals surface area contributed by atoms with Crippen molar-refractivity contribution in [3.05, 3.63) is 96.1 Å². The van der Waals surface area contributed by atoms with E-state index in [1.54, 1.807) is 11.0 Å². The number of carbonyl (C=O) groups is 5. The van der Waals surface area contributed by atoms with Crippen molar-refractivity contribution in [3.8, 4) is 0 Å². The average molecular weight is 595 g/mol. The molecule has 2 aliphatic heterocycles. The molecule has 3 aromatic carbocycles. The van der Waals surface area contributed by atoms with Crippen molar-refractivity contribution >= 4 is 40.7 Å². The minimum Gasteiger partial charge on any atom is -0.356 e. The van der Waals surface area contributed by atoms with Gasteiger partial charge in [-0.25, -0.2) is 0 Å². The SMILES string of the molecule is CC1C[C@H](NC(=O)[C@H](Cc2cccc3ccccc23)NC(=O)Cc2ccccc2)C(=O)N1[C@H](/C=C/C=O)C[C@@H]1CCNC1=O. The molecule has 9 heteroatoms. The Labute approximate surface area is 257 Å². The number of hydrogen-bond donors (Lipinski definition) is 3. The number of fused-ring (bicyclic) bond motifs is 1. The van der Waals surface area contributed by atoms with E-state index >= 15 is 0 Å². The molecule has 4 amide bonds. The molecular formula is C35H38N4O5. The van der Waals surface area contributed by atoms with E-state index in [0.29, 0.717) is 32.1 Å². The molecule has 2 saturated heterocycles. The number of amides is 4. The summed E-state index contributed by atoms with van der Waals surface area (Å²) in [6.45, 7) is 2.49. The summed E-state index contributed by atoms with van der Waals surface area (Å²) in [5, 5.41) is 10.7. The van der Waals surface area contributed by atoms with E-state index in [1.165, 1.54) is 6.08 Å². The van der Waals surface area contributed by atoms with Crippen LogP contribution in [-0.2, 0) is 36.8 Å². The Balaban J connectivity index is 1.34. The summed E-state index contributed by atoms with van der Waals surface area (Å²) in [5.74, 6) is -1.32. The Morgan fingerprint density at radius 2 is 1.77 bits per heavy atom. The van der Waals surface area contributed by atoms with Crippen molar-refractivity contribution in [1.29, 1.82) is 0 Å². The monoisotopic (exact) mass is 594 g/mol. The number of nitrogens with one attached hydrogen (secondary N) is 3. The lowest BCUT2D eigenvalue weighted by Crippen LogP contribution is -2.53. The molecule has 0 radical (unpaired) electrons. The summed E-state index contributed by atoms with van der Waals surface area (Å²) in [5.41, 5.74) is 1.74. The van der Waals surface area contributed by atoms with Crippen molar-refractivity contribution in [3.63, 3.8) is 0 Å². The van der Waals surface area contributed by atoms with Gasteiger partial charge >= 0.3 is 0 Å². The largest absolute Gasteiger partial charge is 0.356 e. The smallest absolute Gasteiger partial charge is 0.245 e. The van der Waals surface area contributed by atoms with Crippen LogP contribution in [-0.4, -0.2) is 65.5 Å². The zero-order valence-corrected chi connectivity index (χ0v) is 24.8. The first-order valence-electron chi connectivity index (χ1n) is 15.2. The average Bonchev–Trinajstić information content (AvgIpc) is 3.55. The Bertz CT molecular complexity index is 1550. The molecule has 2 aliphatic rings. The number of carbonyl (C=O) groups excluding carboxylic acids is 5. The lowest BCUT2D eigenvalue weighted by molar-refractivity contribution is -0.136. The number of rotatable bonds is 12. The standard InChI is InChI=1S/C35H38N4O5/c1-23-19-31(35(44)39(23)28(14-8-18-40)21-27-16-17-36-33(27)42)38-34(43)30(37-32(41)20-24-9-3-2-4-10-24)22-26-13-7-12-25-11-5-6-15-29(25)26/h2-15,18,23,27-28,30-31H,16-17,19-22H2,1H3,(H,36,42)(H,37,41)(H,38,43)/b14-8+/t23?,27-,28+,30-,31-/m0/s1. The highest BCUT2D eigenvalue weighted by atomic mass is 16.2. The molecule has 0 saturated carbocycles. The summed E-state index contributed by atoms with van der Waals surface area (Å²) in [6, 6.07) is 20.6. The minimum absolute atomic E-state index is 0.0545. The van der Waals surface area contributed by atoms with Gasteiger partial charge in [-0.1, -0.05) is 78.9 Å². The van der Waals surface area contributed by atoms with Gasteiger partial charge in [0.15, 0.2) is 0 Å². The molecular weight excluding hydrogens is 556 g/mol. The zero-order valence-electron chi connectivity index (χ0n) is 24.8. The molecule has 1 unspecified atom stereocenters. The van der Waals surface area contributed by atoms with Crippen molar-refractivity contribution in [2.24, 2.45) is 5.92 Å². The maximum atomic E-state index is 13.8. The molecule has 5 atom stereocenters. The Morgan fingerprint density at radius 1 is 1.02 bits per heavy atom. The highest BCUT2D eigenvalue weighted by Gasteiger charge is 2.43. The van der Waals surface area contributed by atoms with E-state index in [1.807, 2.05) is 79.7 Å². The second kappa shape index (κ2) is 14.1. The number of likely N-dealkylation sites (tertiary alicyclic amines) is 1. The van der Waals surface area contributed by atoms with Crippen molar-refractivity contribution < 1.29 is 24.0 Å². The Hall–Kier alpha value is -4.79. The first-order valence-corrected chi connectivity index (χ1v) is 15.2. The van der Waals surface area contributed by atoms with E-state index in [0.717, 1.165) is 21.9 Å². The maximum Gasteiger partial charge on any atom is 0.245 e. The van der Waals surface area contributed by atoms with E-state index in [9.17, 15) is 24.0 Å². The van der Waals surface area contributed by atoms with Crippen LogP contribution in [0.2, 0.25) is 0 Å². The van der Waals surface area contributed by atoms with Gasteiger partial charge in [-0.05, 0) is 54.2 Å². The Kier molecular flexibility index (Phi) is 9.84. The number of benzene rings is 3. The van der Waals surface area contributed by atoms with E-state index in [2.05, 4.69) is 16.0 Å². The van der Waals surface area contributed by atoms with Crippen molar-refractivity contribution in [2.45, 2.75) is 63.2 Å². The normalized spacial score (nSPS) is 21.3. The lowest BCUT2D eigenvalue weighted by atomic mass is 9.96. The molecule has 2 fully saturated rings. The molecule has 2 heterocycles. The highest BCUT2D eigenvalue weighted by molar-refractivity contribution is 5.94. The number of nitrogens with zero attached hydrogens (tertiary/aromatic N) is 1. The molecule has 44 heavy (non-hydrogen) atoms. The zero-order chi connectivity index (χ0) is 31.1. The molecule has 0 aromatic heterocycles. The van der Waals surface area contributed by atoms with Crippen LogP contribution in [0.25, 0.3) is 10.8 Å². The van der Waals surface area contributed by atoms with Crippen LogP contribution < -0.4 is 16.0 Å². The van der Waals surface area contributed by atoms with Crippen LogP contribution in [0.5, 0.6) is 0 Å². The van der Waals surface area contributed by atoms with Crippen LogP contribution in [0, 0.1) is 5.92 Å². The van der Waals surface area contributed by atoms with Crippen LogP contribution in [0.3, 0.4) is 0 Å². The minimum atomic E-state index is -0.915. The molecule has 3 N–H and O–H groups in total. The van der Waals surface area contributed by atoms with Gasteiger partial charge in [0, 0.05) is 24.9 Å². The summed E-state index contributed by atoms with van der Waals surface area (Å²) < 4.78 is 0. The molecule has 0 aliphatic carbocycles.